The number of hydrogen-bond donors (Lipinski definition) is 0. The van der Waals surface area contributed by atoms with Crippen LogP contribution in [0, 0.1) is 5.92 Å². The molecule has 3 heterocycles. The predicted molar refractivity (Wildman–Crippen MR) is 150 cm³/mol. The van der Waals surface area contributed by atoms with Crippen LogP contribution >= 0.6 is 23.4 Å². The van der Waals surface area contributed by atoms with Crippen molar-refractivity contribution in [1.82, 2.24) is 19.8 Å². The second kappa shape index (κ2) is 15.5. The Morgan fingerprint density at radius 1 is 1.03 bits per heavy atom. The minimum atomic E-state index is -0.171. The lowest BCUT2D eigenvalue weighted by atomic mass is 9.97. The SMILES string of the molecule is CCCCCCCC(=O)N1CCN(c2cc(Cl)nc(SCC(=O)N3CCC(C(=O)OCC)CC3)n2)CC1C. The molecule has 1 aromatic rings. The van der Waals surface area contributed by atoms with Crippen molar-refractivity contribution in [1.29, 1.82) is 0 Å². The summed E-state index contributed by atoms with van der Waals surface area (Å²) in [6.07, 6.45) is 7.56. The Bertz CT molecular complexity index is 944. The molecule has 1 atom stereocenters. The van der Waals surface area contributed by atoms with Gasteiger partial charge in [0.05, 0.1) is 18.3 Å². The summed E-state index contributed by atoms with van der Waals surface area (Å²) in [6, 6.07) is 1.82. The molecule has 2 aliphatic heterocycles. The second-order valence-corrected chi connectivity index (χ2v) is 11.4. The van der Waals surface area contributed by atoms with Crippen LogP contribution < -0.4 is 4.90 Å². The summed E-state index contributed by atoms with van der Waals surface area (Å²) in [5.74, 6) is 0.855. The van der Waals surface area contributed by atoms with E-state index in [4.69, 9.17) is 16.3 Å². The number of likely N-dealkylation sites (tertiary alicyclic amines) is 1. The Balaban J connectivity index is 1.48. The monoisotopic (exact) mass is 567 g/mol. The molecule has 2 fully saturated rings. The normalized spacial score (nSPS) is 18.5. The number of amides is 2. The van der Waals surface area contributed by atoms with Gasteiger partial charge in [-0.05, 0) is 33.1 Å². The molecule has 212 valence electrons. The highest BCUT2D eigenvalue weighted by Gasteiger charge is 2.30. The number of unbranched alkanes of at least 4 members (excludes halogenated alkanes) is 4. The lowest BCUT2D eigenvalue weighted by molar-refractivity contribution is -0.151. The van der Waals surface area contributed by atoms with Crippen molar-refractivity contribution < 1.29 is 19.1 Å². The molecular weight excluding hydrogens is 526 g/mol. The Morgan fingerprint density at radius 3 is 2.45 bits per heavy atom. The van der Waals surface area contributed by atoms with Crippen LogP contribution in [0.25, 0.3) is 0 Å². The van der Waals surface area contributed by atoms with E-state index in [2.05, 4.69) is 28.7 Å². The maximum absolute atomic E-state index is 12.8. The third-order valence-electron chi connectivity index (χ3n) is 7.22. The number of nitrogens with zero attached hydrogens (tertiary/aromatic N) is 5. The summed E-state index contributed by atoms with van der Waals surface area (Å²) >= 11 is 7.59. The van der Waals surface area contributed by atoms with E-state index in [1.54, 1.807) is 17.9 Å². The van der Waals surface area contributed by atoms with E-state index in [1.165, 1.54) is 31.0 Å². The van der Waals surface area contributed by atoms with Gasteiger partial charge in [0.15, 0.2) is 5.16 Å². The molecular formula is C27H42ClN5O4S. The Morgan fingerprint density at radius 2 is 1.76 bits per heavy atom. The van der Waals surface area contributed by atoms with Crippen molar-refractivity contribution in [2.24, 2.45) is 5.92 Å². The topological polar surface area (TPSA) is 95.9 Å². The highest BCUT2D eigenvalue weighted by atomic mass is 35.5. The molecule has 0 spiro atoms. The van der Waals surface area contributed by atoms with Crippen molar-refractivity contribution in [3.63, 3.8) is 0 Å². The zero-order chi connectivity index (χ0) is 27.5. The van der Waals surface area contributed by atoms with Gasteiger partial charge in [-0.25, -0.2) is 9.97 Å². The van der Waals surface area contributed by atoms with Gasteiger partial charge in [0.1, 0.15) is 11.0 Å². The third-order valence-corrected chi connectivity index (χ3v) is 8.24. The number of ether oxygens (including phenoxy) is 1. The number of esters is 1. The highest BCUT2D eigenvalue weighted by molar-refractivity contribution is 7.99. The Hall–Kier alpha value is -2.07. The van der Waals surface area contributed by atoms with Gasteiger partial charge in [-0.3, -0.25) is 14.4 Å². The summed E-state index contributed by atoms with van der Waals surface area (Å²) < 4.78 is 5.11. The van der Waals surface area contributed by atoms with Crippen molar-refractivity contribution in [2.75, 3.05) is 50.0 Å². The molecule has 0 saturated carbocycles. The first-order valence-electron chi connectivity index (χ1n) is 14.0. The van der Waals surface area contributed by atoms with E-state index in [-0.39, 0.29) is 35.5 Å². The van der Waals surface area contributed by atoms with Gasteiger partial charge in [-0.1, -0.05) is 56.0 Å². The average Bonchev–Trinajstić information content (AvgIpc) is 2.91. The van der Waals surface area contributed by atoms with Gasteiger partial charge in [-0.15, -0.1) is 0 Å². The van der Waals surface area contributed by atoms with Crippen LogP contribution in [0.5, 0.6) is 0 Å². The average molecular weight is 568 g/mol. The van der Waals surface area contributed by atoms with E-state index in [0.29, 0.717) is 74.7 Å². The fourth-order valence-electron chi connectivity index (χ4n) is 5.01. The van der Waals surface area contributed by atoms with E-state index in [0.717, 1.165) is 12.8 Å². The van der Waals surface area contributed by atoms with Crippen LogP contribution in [-0.4, -0.2) is 88.7 Å². The first kappa shape index (κ1) is 30.5. The summed E-state index contributed by atoms with van der Waals surface area (Å²) in [5, 5.41) is 0.791. The zero-order valence-electron chi connectivity index (χ0n) is 23.0. The molecule has 1 aromatic heterocycles. The number of halogens is 1. The van der Waals surface area contributed by atoms with Crippen LogP contribution in [0.3, 0.4) is 0 Å². The van der Waals surface area contributed by atoms with Gasteiger partial charge in [0.25, 0.3) is 0 Å². The van der Waals surface area contributed by atoms with Crippen LogP contribution in [0.4, 0.5) is 5.82 Å². The lowest BCUT2D eigenvalue weighted by Gasteiger charge is -2.40. The number of aromatic nitrogens is 2. The highest BCUT2D eigenvalue weighted by Crippen LogP contribution is 2.26. The molecule has 0 aliphatic carbocycles. The van der Waals surface area contributed by atoms with Crippen molar-refractivity contribution in [2.45, 2.75) is 83.3 Å². The van der Waals surface area contributed by atoms with Crippen LogP contribution in [0.1, 0.15) is 72.1 Å². The second-order valence-electron chi connectivity index (χ2n) is 10.1. The molecule has 0 radical (unpaired) electrons. The molecule has 1 unspecified atom stereocenters. The Labute approximate surface area is 236 Å². The van der Waals surface area contributed by atoms with Crippen molar-refractivity contribution >= 4 is 47.0 Å². The number of piperidine rings is 1. The molecule has 11 heteroatoms. The number of carbonyl (C=O) groups is 3. The van der Waals surface area contributed by atoms with Crippen molar-refractivity contribution in [3.8, 4) is 0 Å². The van der Waals surface area contributed by atoms with E-state index < -0.39 is 0 Å². The van der Waals surface area contributed by atoms with E-state index in [1.807, 2.05) is 4.90 Å². The number of hydrogen-bond acceptors (Lipinski definition) is 8. The van der Waals surface area contributed by atoms with E-state index in [9.17, 15) is 14.4 Å². The summed E-state index contributed by atoms with van der Waals surface area (Å²) in [6.45, 7) is 9.54. The van der Waals surface area contributed by atoms with Gasteiger partial charge in [-0.2, -0.15) is 0 Å². The van der Waals surface area contributed by atoms with E-state index >= 15 is 0 Å². The number of rotatable bonds is 12. The van der Waals surface area contributed by atoms with Gasteiger partial charge < -0.3 is 19.4 Å². The number of thioether (sulfide) groups is 1. The van der Waals surface area contributed by atoms with Crippen LogP contribution in [0.2, 0.25) is 5.15 Å². The standard InChI is InChI=1S/C27H42ClN5O4S/c1-4-6-7-8-9-10-24(34)33-16-15-32(18-20(33)3)23-17-22(28)29-27(30-23)38-19-25(35)31-13-11-21(12-14-31)26(36)37-5-2/h17,20-21H,4-16,18-19H2,1-3H3. The first-order valence-corrected chi connectivity index (χ1v) is 15.3. The van der Waals surface area contributed by atoms with Gasteiger partial charge in [0.2, 0.25) is 11.8 Å². The van der Waals surface area contributed by atoms with Crippen LogP contribution in [-0.2, 0) is 19.1 Å². The predicted octanol–water partition coefficient (Wildman–Crippen LogP) is 4.42. The quantitative estimate of drug-likeness (QED) is 0.120. The third kappa shape index (κ3) is 9.00. The molecule has 2 amide bonds. The number of piperazine rings is 1. The summed E-state index contributed by atoms with van der Waals surface area (Å²) in [4.78, 5) is 52.4. The largest absolute Gasteiger partial charge is 0.466 e. The first-order chi connectivity index (χ1) is 18.3. The number of carbonyl (C=O) groups excluding carboxylic acids is 3. The minimum absolute atomic E-state index is 0.00197. The maximum Gasteiger partial charge on any atom is 0.309 e. The summed E-state index contributed by atoms with van der Waals surface area (Å²) in [7, 11) is 0. The molecule has 0 N–H and O–H groups in total. The van der Waals surface area contributed by atoms with Gasteiger partial charge in [0, 0.05) is 51.3 Å². The molecule has 3 rings (SSSR count). The zero-order valence-corrected chi connectivity index (χ0v) is 24.6. The van der Waals surface area contributed by atoms with Crippen molar-refractivity contribution in [3.05, 3.63) is 11.2 Å². The molecule has 0 aromatic carbocycles. The molecule has 9 nitrogen and oxygen atoms in total. The number of anilines is 1. The summed E-state index contributed by atoms with van der Waals surface area (Å²) in [5.41, 5.74) is 0. The van der Waals surface area contributed by atoms with Gasteiger partial charge >= 0.3 is 5.97 Å². The lowest BCUT2D eigenvalue weighted by Crippen LogP contribution is -2.54. The fraction of sp³-hybridized carbons (Fsp3) is 0.741. The fourth-order valence-corrected chi connectivity index (χ4v) is 6.00. The van der Waals surface area contributed by atoms with Crippen LogP contribution in [0.15, 0.2) is 11.2 Å². The molecule has 38 heavy (non-hydrogen) atoms. The molecule has 2 aliphatic rings. The molecule has 2 saturated heterocycles. The smallest absolute Gasteiger partial charge is 0.309 e. The Kier molecular flexibility index (Phi) is 12.4. The minimum Gasteiger partial charge on any atom is -0.466 e. The maximum atomic E-state index is 12.8. The molecule has 0 bridgehead atoms.